The van der Waals surface area contributed by atoms with Crippen LogP contribution in [-0.2, 0) is 11.3 Å². The standard InChI is InChI=1S/C16H21ClN2O/c17-13-4-2-12(3-5-13)11-19(14-6-7-14)15(20)10-16(18)8-1-9-16/h2-5,14H,1,6-11,18H2. The van der Waals surface area contributed by atoms with Gasteiger partial charge in [0.1, 0.15) is 0 Å². The Balaban J connectivity index is 1.66. The number of hydrogen-bond acceptors (Lipinski definition) is 2. The first kappa shape index (κ1) is 13.9. The Labute approximate surface area is 125 Å². The van der Waals surface area contributed by atoms with Crippen LogP contribution in [0.5, 0.6) is 0 Å². The summed E-state index contributed by atoms with van der Waals surface area (Å²) in [6.07, 6.45) is 5.87. The molecule has 1 aromatic carbocycles. The molecular weight excluding hydrogens is 272 g/mol. The molecule has 0 bridgehead atoms. The Bertz CT molecular complexity index is 492. The highest BCUT2D eigenvalue weighted by Crippen LogP contribution is 2.35. The Kier molecular flexibility index (Phi) is 3.74. The van der Waals surface area contributed by atoms with Crippen LogP contribution in [0.3, 0.4) is 0 Å². The van der Waals surface area contributed by atoms with Crippen molar-refractivity contribution in [2.75, 3.05) is 0 Å². The van der Waals surface area contributed by atoms with Gasteiger partial charge in [0.2, 0.25) is 5.91 Å². The van der Waals surface area contributed by atoms with E-state index in [2.05, 4.69) is 0 Å². The molecule has 0 aromatic heterocycles. The molecule has 0 unspecified atom stereocenters. The van der Waals surface area contributed by atoms with Crippen molar-refractivity contribution < 1.29 is 4.79 Å². The summed E-state index contributed by atoms with van der Waals surface area (Å²) in [7, 11) is 0. The lowest BCUT2D eigenvalue weighted by Gasteiger charge is -2.39. The maximum Gasteiger partial charge on any atom is 0.224 e. The molecule has 4 heteroatoms. The van der Waals surface area contributed by atoms with E-state index in [4.69, 9.17) is 17.3 Å². The zero-order valence-corrected chi connectivity index (χ0v) is 12.4. The molecule has 20 heavy (non-hydrogen) atoms. The number of carbonyl (C=O) groups excluding carboxylic acids is 1. The Morgan fingerprint density at radius 1 is 1.30 bits per heavy atom. The molecule has 2 N–H and O–H groups in total. The molecule has 0 radical (unpaired) electrons. The average Bonchev–Trinajstić information content (AvgIpc) is 3.20. The van der Waals surface area contributed by atoms with E-state index < -0.39 is 0 Å². The second kappa shape index (κ2) is 5.38. The van der Waals surface area contributed by atoms with E-state index in [1.54, 1.807) is 0 Å². The van der Waals surface area contributed by atoms with Gasteiger partial charge in [0.15, 0.2) is 0 Å². The van der Waals surface area contributed by atoms with E-state index >= 15 is 0 Å². The van der Waals surface area contributed by atoms with Crippen molar-refractivity contribution in [3.63, 3.8) is 0 Å². The van der Waals surface area contributed by atoms with Gasteiger partial charge in [-0.1, -0.05) is 23.7 Å². The molecule has 2 saturated carbocycles. The summed E-state index contributed by atoms with van der Waals surface area (Å²) < 4.78 is 0. The molecule has 0 heterocycles. The molecule has 1 aromatic rings. The summed E-state index contributed by atoms with van der Waals surface area (Å²) in [6, 6.07) is 8.16. The quantitative estimate of drug-likeness (QED) is 0.906. The van der Waals surface area contributed by atoms with E-state index in [9.17, 15) is 4.79 Å². The molecular formula is C16H21ClN2O. The fourth-order valence-electron chi connectivity index (χ4n) is 2.80. The maximum absolute atomic E-state index is 12.5. The number of halogens is 1. The number of nitrogens with zero attached hydrogens (tertiary/aromatic N) is 1. The predicted octanol–water partition coefficient (Wildman–Crippen LogP) is 3.10. The highest BCUT2D eigenvalue weighted by molar-refractivity contribution is 6.30. The minimum atomic E-state index is -0.232. The topological polar surface area (TPSA) is 46.3 Å². The van der Waals surface area contributed by atoms with Crippen LogP contribution in [0.25, 0.3) is 0 Å². The molecule has 2 aliphatic rings. The second-order valence-corrected chi connectivity index (χ2v) is 6.71. The molecule has 3 rings (SSSR count). The lowest BCUT2D eigenvalue weighted by atomic mass is 9.75. The monoisotopic (exact) mass is 292 g/mol. The van der Waals surface area contributed by atoms with Gasteiger partial charge in [0.05, 0.1) is 0 Å². The highest BCUT2D eigenvalue weighted by Gasteiger charge is 2.39. The van der Waals surface area contributed by atoms with Crippen molar-refractivity contribution in [2.24, 2.45) is 5.73 Å². The van der Waals surface area contributed by atoms with Crippen molar-refractivity contribution in [1.82, 2.24) is 4.90 Å². The molecule has 0 saturated heterocycles. The van der Waals surface area contributed by atoms with Crippen LogP contribution in [0.15, 0.2) is 24.3 Å². The third kappa shape index (κ3) is 3.15. The molecule has 0 aliphatic heterocycles. The van der Waals surface area contributed by atoms with Crippen LogP contribution in [-0.4, -0.2) is 22.4 Å². The van der Waals surface area contributed by atoms with Gasteiger partial charge < -0.3 is 10.6 Å². The van der Waals surface area contributed by atoms with Crippen molar-refractivity contribution >= 4 is 17.5 Å². The molecule has 1 amide bonds. The molecule has 108 valence electrons. The first-order valence-corrected chi connectivity index (χ1v) is 7.76. The smallest absolute Gasteiger partial charge is 0.224 e. The maximum atomic E-state index is 12.5. The normalized spacial score (nSPS) is 20.3. The summed E-state index contributed by atoms with van der Waals surface area (Å²) in [4.78, 5) is 14.5. The first-order chi connectivity index (χ1) is 9.56. The number of amides is 1. The van der Waals surface area contributed by atoms with E-state index in [-0.39, 0.29) is 11.4 Å². The van der Waals surface area contributed by atoms with Crippen LogP contribution in [0, 0.1) is 0 Å². The lowest BCUT2D eigenvalue weighted by molar-refractivity contribution is -0.134. The zero-order chi connectivity index (χ0) is 14.2. The number of carbonyl (C=O) groups is 1. The zero-order valence-electron chi connectivity index (χ0n) is 11.6. The van der Waals surface area contributed by atoms with Gasteiger partial charge in [-0.25, -0.2) is 0 Å². The SMILES string of the molecule is NC1(CC(=O)N(Cc2ccc(Cl)cc2)C2CC2)CCC1. The van der Waals surface area contributed by atoms with Crippen molar-refractivity contribution in [2.45, 2.75) is 56.7 Å². The van der Waals surface area contributed by atoms with E-state index in [1.807, 2.05) is 29.2 Å². The van der Waals surface area contributed by atoms with Crippen molar-refractivity contribution in [3.05, 3.63) is 34.9 Å². The summed E-state index contributed by atoms with van der Waals surface area (Å²) in [5.74, 6) is 0.213. The van der Waals surface area contributed by atoms with Crippen molar-refractivity contribution in [3.8, 4) is 0 Å². The fourth-order valence-corrected chi connectivity index (χ4v) is 2.93. The van der Waals surface area contributed by atoms with E-state index in [1.165, 1.54) is 0 Å². The Hall–Kier alpha value is -1.06. The minimum Gasteiger partial charge on any atom is -0.335 e. The molecule has 0 spiro atoms. The van der Waals surface area contributed by atoms with E-state index in [0.29, 0.717) is 19.0 Å². The first-order valence-electron chi connectivity index (χ1n) is 7.39. The lowest BCUT2D eigenvalue weighted by Crippen LogP contribution is -2.50. The van der Waals surface area contributed by atoms with Gasteiger partial charge in [-0.05, 0) is 49.8 Å². The van der Waals surface area contributed by atoms with Crippen LogP contribution < -0.4 is 5.73 Å². The summed E-state index contributed by atoms with van der Waals surface area (Å²) in [5, 5.41) is 0.730. The van der Waals surface area contributed by atoms with Gasteiger partial charge in [0.25, 0.3) is 0 Å². The van der Waals surface area contributed by atoms with Gasteiger partial charge in [0, 0.05) is 29.6 Å². The molecule has 0 atom stereocenters. The van der Waals surface area contributed by atoms with Crippen LogP contribution in [0.2, 0.25) is 5.02 Å². The molecule has 2 fully saturated rings. The molecule has 2 aliphatic carbocycles. The average molecular weight is 293 g/mol. The van der Waals surface area contributed by atoms with Gasteiger partial charge in [-0.3, -0.25) is 4.79 Å². The van der Waals surface area contributed by atoms with E-state index in [0.717, 1.165) is 42.7 Å². The van der Waals surface area contributed by atoms with Crippen LogP contribution in [0.1, 0.15) is 44.1 Å². The van der Waals surface area contributed by atoms with Gasteiger partial charge in [-0.15, -0.1) is 0 Å². The Morgan fingerprint density at radius 3 is 2.45 bits per heavy atom. The summed E-state index contributed by atoms with van der Waals surface area (Å²) >= 11 is 5.90. The number of benzene rings is 1. The molecule has 3 nitrogen and oxygen atoms in total. The third-order valence-corrected chi connectivity index (χ3v) is 4.68. The minimum absolute atomic E-state index is 0.213. The van der Waals surface area contributed by atoms with Crippen LogP contribution in [0.4, 0.5) is 0 Å². The number of nitrogens with two attached hydrogens (primary N) is 1. The highest BCUT2D eigenvalue weighted by atomic mass is 35.5. The number of hydrogen-bond donors (Lipinski definition) is 1. The largest absolute Gasteiger partial charge is 0.335 e. The summed E-state index contributed by atoms with van der Waals surface area (Å²) in [6.45, 7) is 0.677. The van der Waals surface area contributed by atoms with Crippen LogP contribution >= 0.6 is 11.6 Å². The Morgan fingerprint density at radius 2 is 1.95 bits per heavy atom. The number of rotatable bonds is 5. The summed E-state index contributed by atoms with van der Waals surface area (Å²) in [5.41, 5.74) is 7.11. The van der Waals surface area contributed by atoms with Gasteiger partial charge in [-0.2, -0.15) is 0 Å². The van der Waals surface area contributed by atoms with Gasteiger partial charge >= 0.3 is 0 Å². The fraction of sp³-hybridized carbons (Fsp3) is 0.562. The third-order valence-electron chi connectivity index (χ3n) is 4.43. The second-order valence-electron chi connectivity index (χ2n) is 6.27. The predicted molar refractivity (Wildman–Crippen MR) is 80.4 cm³/mol. The van der Waals surface area contributed by atoms with Crippen molar-refractivity contribution in [1.29, 1.82) is 0 Å².